The van der Waals surface area contributed by atoms with E-state index in [-0.39, 0.29) is 11.7 Å². The number of aryl methyl sites for hydroxylation is 1. The molecule has 0 radical (unpaired) electrons. The van der Waals surface area contributed by atoms with Gasteiger partial charge in [0.25, 0.3) is 5.91 Å². The first-order valence-corrected chi connectivity index (χ1v) is 14.2. The van der Waals surface area contributed by atoms with Gasteiger partial charge in [-0.15, -0.1) is 0 Å². The standard InChI is InChI=1S/C29H30FN3O2.2C2H6/c1-18-15-26(28(33-18)21-7-10-23(35-2)11-8-21)29(34)32-17-19-3-5-20(6-4-19)24-13-14-31-27-12-9-22(30)16-25(24)27;2*1-2/h7-16,19-20,33H,3-6,17H2,1-2H3,(H,32,34);2*1-2H3. The number of methoxy groups -OCH3 is 1. The van der Waals surface area contributed by atoms with Crippen molar-refractivity contribution in [3.8, 4) is 17.0 Å². The van der Waals surface area contributed by atoms with E-state index in [9.17, 15) is 9.18 Å². The van der Waals surface area contributed by atoms with Gasteiger partial charge in [0.1, 0.15) is 11.6 Å². The monoisotopic (exact) mass is 531 g/mol. The van der Waals surface area contributed by atoms with Crippen LogP contribution in [0.1, 0.15) is 80.9 Å². The number of ether oxygens (including phenoxy) is 1. The van der Waals surface area contributed by atoms with Crippen LogP contribution in [0, 0.1) is 18.7 Å². The molecular weight excluding hydrogens is 489 g/mol. The van der Waals surface area contributed by atoms with Gasteiger partial charge in [0.2, 0.25) is 0 Å². The van der Waals surface area contributed by atoms with Crippen LogP contribution in [0.5, 0.6) is 5.75 Å². The van der Waals surface area contributed by atoms with E-state index in [0.717, 1.165) is 59.3 Å². The number of aromatic amines is 1. The highest BCUT2D eigenvalue weighted by atomic mass is 19.1. The van der Waals surface area contributed by atoms with Crippen LogP contribution in [0.25, 0.3) is 22.2 Å². The van der Waals surface area contributed by atoms with Crippen molar-refractivity contribution in [2.24, 2.45) is 5.92 Å². The zero-order valence-corrected chi connectivity index (χ0v) is 24.1. The Morgan fingerprint density at radius 1 is 1.00 bits per heavy atom. The Morgan fingerprint density at radius 3 is 2.36 bits per heavy atom. The molecule has 2 aromatic heterocycles. The lowest BCUT2D eigenvalue weighted by Gasteiger charge is -2.29. The minimum Gasteiger partial charge on any atom is -0.497 e. The van der Waals surface area contributed by atoms with E-state index >= 15 is 0 Å². The van der Waals surface area contributed by atoms with Crippen LogP contribution >= 0.6 is 0 Å². The number of nitrogens with one attached hydrogen (secondary N) is 2. The van der Waals surface area contributed by atoms with E-state index < -0.39 is 0 Å². The molecule has 5 nitrogen and oxygen atoms in total. The smallest absolute Gasteiger partial charge is 0.253 e. The molecule has 1 aliphatic carbocycles. The SMILES string of the molecule is CC.CC.COc1ccc(-c2[nH]c(C)cc2C(=O)NCC2CCC(c3ccnc4ccc(F)cc34)CC2)cc1. The van der Waals surface area contributed by atoms with Crippen LogP contribution in [-0.2, 0) is 0 Å². The summed E-state index contributed by atoms with van der Waals surface area (Å²) in [7, 11) is 1.64. The third-order valence-corrected chi connectivity index (χ3v) is 7.15. The van der Waals surface area contributed by atoms with Crippen molar-refractivity contribution in [3.63, 3.8) is 0 Å². The van der Waals surface area contributed by atoms with Gasteiger partial charge >= 0.3 is 0 Å². The first-order valence-electron chi connectivity index (χ1n) is 14.2. The molecule has 2 heterocycles. The van der Waals surface area contributed by atoms with Crippen molar-refractivity contribution in [3.05, 3.63) is 83.4 Å². The molecule has 0 bridgehead atoms. The number of fused-ring (bicyclic) bond motifs is 1. The summed E-state index contributed by atoms with van der Waals surface area (Å²) in [6, 6.07) is 16.4. The second-order valence-electron chi connectivity index (χ2n) is 9.46. The number of nitrogens with zero attached hydrogens (tertiary/aromatic N) is 1. The highest BCUT2D eigenvalue weighted by Crippen LogP contribution is 2.38. The van der Waals surface area contributed by atoms with Crippen LogP contribution < -0.4 is 10.1 Å². The molecule has 5 rings (SSSR count). The van der Waals surface area contributed by atoms with Crippen molar-refractivity contribution in [2.45, 2.75) is 66.2 Å². The van der Waals surface area contributed by atoms with Crippen LogP contribution in [0.3, 0.4) is 0 Å². The van der Waals surface area contributed by atoms with Gasteiger partial charge in [-0.25, -0.2) is 4.39 Å². The number of benzene rings is 2. The number of amides is 1. The van der Waals surface area contributed by atoms with E-state index in [1.54, 1.807) is 19.2 Å². The number of aromatic nitrogens is 2. The molecule has 39 heavy (non-hydrogen) atoms. The molecule has 0 saturated heterocycles. The Bertz CT molecular complexity index is 1340. The van der Waals surface area contributed by atoms with E-state index in [4.69, 9.17) is 4.74 Å². The maximum absolute atomic E-state index is 13.9. The molecule has 1 aliphatic rings. The number of halogens is 1. The summed E-state index contributed by atoms with van der Waals surface area (Å²) < 4.78 is 19.1. The Balaban J connectivity index is 0.00000100. The Hall–Kier alpha value is -3.67. The van der Waals surface area contributed by atoms with Crippen LogP contribution in [-0.4, -0.2) is 29.5 Å². The molecule has 1 saturated carbocycles. The normalized spacial score (nSPS) is 16.4. The minimum absolute atomic E-state index is 0.0575. The molecule has 4 aromatic rings. The first-order chi connectivity index (χ1) is 19.0. The summed E-state index contributed by atoms with van der Waals surface area (Å²) in [5, 5.41) is 4.08. The molecule has 0 spiro atoms. The van der Waals surface area contributed by atoms with Gasteiger partial charge in [-0.05, 0) is 110 Å². The molecule has 0 atom stereocenters. The summed E-state index contributed by atoms with van der Waals surface area (Å²) in [5.41, 5.74) is 5.40. The fourth-order valence-electron chi connectivity index (χ4n) is 5.26. The van der Waals surface area contributed by atoms with Crippen molar-refractivity contribution in [1.82, 2.24) is 15.3 Å². The van der Waals surface area contributed by atoms with Crippen LogP contribution in [0.15, 0.2) is 60.8 Å². The van der Waals surface area contributed by atoms with Gasteiger partial charge in [0.15, 0.2) is 0 Å². The zero-order chi connectivity index (χ0) is 28.4. The van der Waals surface area contributed by atoms with Crippen molar-refractivity contribution < 1.29 is 13.9 Å². The van der Waals surface area contributed by atoms with Gasteiger partial charge in [-0.1, -0.05) is 27.7 Å². The maximum atomic E-state index is 13.9. The van der Waals surface area contributed by atoms with Crippen molar-refractivity contribution >= 4 is 16.8 Å². The number of hydrogen-bond donors (Lipinski definition) is 2. The number of hydrogen-bond acceptors (Lipinski definition) is 3. The van der Waals surface area contributed by atoms with Gasteiger partial charge in [0.05, 0.1) is 23.9 Å². The average Bonchev–Trinajstić information content (AvgIpc) is 3.39. The van der Waals surface area contributed by atoms with Crippen molar-refractivity contribution in [1.29, 1.82) is 0 Å². The van der Waals surface area contributed by atoms with E-state index in [1.807, 2.05) is 77.2 Å². The predicted molar refractivity (Wildman–Crippen MR) is 159 cm³/mol. The Kier molecular flexibility index (Phi) is 11.1. The van der Waals surface area contributed by atoms with E-state index in [1.165, 1.54) is 11.6 Å². The summed E-state index contributed by atoms with van der Waals surface area (Å²) >= 11 is 0. The number of carbonyl (C=O) groups excluding carboxylic acids is 1. The highest BCUT2D eigenvalue weighted by molar-refractivity contribution is 6.00. The van der Waals surface area contributed by atoms with Crippen molar-refractivity contribution in [2.75, 3.05) is 13.7 Å². The lowest BCUT2D eigenvalue weighted by Crippen LogP contribution is -2.31. The Morgan fingerprint density at radius 2 is 1.69 bits per heavy atom. The number of rotatable bonds is 6. The third-order valence-electron chi connectivity index (χ3n) is 7.15. The maximum Gasteiger partial charge on any atom is 0.253 e. The first kappa shape index (κ1) is 29.9. The Labute approximate surface area is 232 Å². The summed E-state index contributed by atoms with van der Waals surface area (Å²) in [6.45, 7) is 10.6. The second-order valence-corrected chi connectivity index (χ2v) is 9.46. The molecule has 2 aromatic carbocycles. The second kappa shape index (κ2) is 14.5. The molecular formula is C33H42FN3O2. The van der Waals surface area contributed by atoms with E-state index in [2.05, 4.69) is 15.3 Å². The van der Waals surface area contributed by atoms with Crippen LogP contribution in [0.4, 0.5) is 4.39 Å². The predicted octanol–water partition coefficient (Wildman–Crippen LogP) is 8.44. The molecule has 1 fully saturated rings. The lowest BCUT2D eigenvalue weighted by molar-refractivity contribution is 0.0943. The molecule has 0 unspecified atom stereocenters. The summed E-state index contributed by atoms with van der Waals surface area (Å²) in [6.07, 6.45) is 5.93. The zero-order valence-electron chi connectivity index (χ0n) is 24.1. The quantitative estimate of drug-likeness (QED) is 0.262. The lowest BCUT2D eigenvalue weighted by atomic mass is 9.78. The van der Waals surface area contributed by atoms with E-state index in [0.29, 0.717) is 23.9 Å². The minimum atomic E-state index is -0.225. The highest BCUT2D eigenvalue weighted by Gasteiger charge is 2.25. The average molecular weight is 532 g/mol. The molecule has 2 N–H and O–H groups in total. The number of pyridine rings is 1. The third kappa shape index (κ3) is 7.25. The molecule has 0 aliphatic heterocycles. The van der Waals surface area contributed by atoms with Gasteiger partial charge < -0.3 is 15.0 Å². The fraction of sp³-hybridized carbons (Fsp3) is 0.394. The summed E-state index contributed by atoms with van der Waals surface area (Å²) in [5.74, 6) is 1.33. The van der Waals surface area contributed by atoms with Crippen LogP contribution in [0.2, 0.25) is 0 Å². The molecule has 6 heteroatoms. The summed E-state index contributed by atoms with van der Waals surface area (Å²) in [4.78, 5) is 20.8. The topological polar surface area (TPSA) is 67.0 Å². The number of carbonyl (C=O) groups is 1. The molecule has 208 valence electrons. The fourth-order valence-corrected chi connectivity index (χ4v) is 5.26. The van der Waals surface area contributed by atoms with Gasteiger partial charge in [0, 0.05) is 23.8 Å². The molecule has 1 amide bonds. The van der Waals surface area contributed by atoms with Gasteiger partial charge in [-0.2, -0.15) is 0 Å². The van der Waals surface area contributed by atoms with Gasteiger partial charge in [-0.3, -0.25) is 9.78 Å². The number of H-pyrrole nitrogens is 1. The largest absolute Gasteiger partial charge is 0.497 e.